The van der Waals surface area contributed by atoms with Crippen LogP contribution in [0, 0.1) is 0 Å². The molecule has 3 rings (SSSR count). The van der Waals surface area contributed by atoms with Gasteiger partial charge in [-0.15, -0.1) is 0 Å². The van der Waals surface area contributed by atoms with Crippen LogP contribution in [0.4, 0.5) is 5.69 Å². The molecule has 0 aliphatic heterocycles. The molecule has 3 heteroatoms. The fraction of sp³-hybridized carbons (Fsp3) is 0.0588. The number of anilines is 1. The van der Waals surface area contributed by atoms with Crippen molar-refractivity contribution in [3.05, 3.63) is 71.2 Å². The number of nitrogens with two attached hydrogens (primary N) is 1. The summed E-state index contributed by atoms with van der Waals surface area (Å²) < 4.78 is 5.80. The zero-order chi connectivity index (χ0) is 13.9. The van der Waals surface area contributed by atoms with Crippen molar-refractivity contribution in [1.29, 1.82) is 0 Å². The van der Waals surface area contributed by atoms with Crippen LogP contribution in [-0.4, -0.2) is 0 Å². The van der Waals surface area contributed by atoms with Gasteiger partial charge in [-0.1, -0.05) is 54.1 Å². The molecule has 0 aliphatic rings. The highest BCUT2D eigenvalue weighted by molar-refractivity contribution is 6.32. The summed E-state index contributed by atoms with van der Waals surface area (Å²) in [5, 5.41) is 2.93. The summed E-state index contributed by atoms with van der Waals surface area (Å²) in [5.41, 5.74) is 7.44. The standard InChI is InChI=1S/C17H14ClNO/c18-16-10-14(19)8-9-17(16)20-11-13-6-3-5-12-4-1-2-7-15(12)13/h1-10H,11,19H2. The third-order valence-electron chi connectivity index (χ3n) is 3.22. The number of hydrogen-bond acceptors (Lipinski definition) is 2. The van der Waals surface area contributed by atoms with Crippen molar-refractivity contribution in [3.63, 3.8) is 0 Å². The van der Waals surface area contributed by atoms with Crippen LogP contribution in [0.15, 0.2) is 60.7 Å². The summed E-state index contributed by atoms with van der Waals surface area (Å²) >= 11 is 6.11. The predicted molar refractivity (Wildman–Crippen MR) is 84.1 cm³/mol. The fourth-order valence-electron chi connectivity index (χ4n) is 2.21. The second-order valence-electron chi connectivity index (χ2n) is 4.62. The molecule has 0 aliphatic carbocycles. The Balaban J connectivity index is 1.87. The van der Waals surface area contributed by atoms with Gasteiger partial charge in [-0.05, 0) is 34.5 Å². The number of hydrogen-bond donors (Lipinski definition) is 1. The van der Waals surface area contributed by atoms with Crippen molar-refractivity contribution >= 4 is 28.1 Å². The van der Waals surface area contributed by atoms with Gasteiger partial charge in [0.15, 0.2) is 0 Å². The van der Waals surface area contributed by atoms with E-state index in [1.54, 1.807) is 18.2 Å². The molecule has 0 radical (unpaired) electrons. The van der Waals surface area contributed by atoms with E-state index in [1.807, 2.05) is 18.2 Å². The molecule has 0 atom stereocenters. The molecular formula is C17H14ClNO. The highest BCUT2D eigenvalue weighted by atomic mass is 35.5. The van der Waals surface area contributed by atoms with Crippen molar-refractivity contribution in [2.75, 3.05) is 5.73 Å². The molecule has 0 unspecified atom stereocenters. The highest BCUT2D eigenvalue weighted by Crippen LogP contribution is 2.28. The number of nitrogen functional groups attached to an aromatic ring is 1. The van der Waals surface area contributed by atoms with Crippen LogP contribution >= 0.6 is 11.6 Å². The first-order chi connectivity index (χ1) is 9.74. The fourth-order valence-corrected chi connectivity index (χ4v) is 2.45. The van der Waals surface area contributed by atoms with Gasteiger partial charge >= 0.3 is 0 Å². The first-order valence-corrected chi connectivity index (χ1v) is 6.76. The SMILES string of the molecule is Nc1ccc(OCc2cccc3ccccc23)c(Cl)c1. The van der Waals surface area contributed by atoms with E-state index in [9.17, 15) is 0 Å². The maximum absolute atomic E-state index is 6.11. The normalized spacial score (nSPS) is 10.7. The van der Waals surface area contributed by atoms with Crippen LogP contribution in [-0.2, 0) is 6.61 Å². The van der Waals surface area contributed by atoms with E-state index >= 15 is 0 Å². The van der Waals surface area contributed by atoms with Gasteiger partial charge in [0.2, 0.25) is 0 Å². The number of benzene rings is 3. The molecule has 0 amide bonds. The zero-order valence-corrected chi connectivity index (χ0v) is 11.6. The number of halogens is 1. The van der Waals surface area contributed by atoms with Crippen LogP contribution in [0.1, 0.15) is 5.56 Å². The molecule has 0 aromatic heterocycles. The van der Waals surface area contributed by atoms with E-state index in [0.29, 0.717) is 23.1 Å². The van der Waals surface area contributed by atoms with Crippen LogP contribution in [0.5, 0.6) is 5.75 Å². The Bertz CT molecular complexity index is 750. The van der Waals surface area contributed by atoms with Crippen LogP contribution in [0.25, 0.3) is 10.8 Å². The summed E-state index contributed by atoms with van der Waals surface area (Å²) in [4.78, 5) is 0. The summed E-state index contributed by atoms with van der Waals surface area (Å²) in [6.45, 7) is 0.477. The van der Waals surface area contributed by atoms with E-state index in [0.717, 1.165) is 5.56 Å². The van der Waals surface area contributed by atoms with Crippen molar-refractivity contribution in [2.24, 2.45) is 0 Å². The van der Waals surface area contributed by atoms with Crippen LogP contribution in [0.2, 0.25) is 5.02 Å². The quantitative estimate of drug-likeness (QED) is 0.710. The molecule has 0 saturated heterocycles. The molecule has 20 heavy (non-hydrogen) atoms. The van der Waals surface area contributed by atoms with Gasteiger partial charge in [0.05, 0.1) is 5.02 Å². The largest absolute Gasteiger partial charge is 0.487 e. The van der Waals surface area contributed by atoms with Crippen molar-refractivity contribution < 1.29 is 4.74 Å². The molecule has 0 spiro atoms. The van der Waals surface area contributed by atoms with Gasteiger partial charge in [-0.2, -0.15) is 0 Å². The van der Waals surface area contributed by atoms with Gasteiger partial charge in [-0.3, -0.25) is 0 Å². The maximum Gasteiger partial charge on any atom is 0.138 e. The second kappa shape index (κ2) is 5.43. The van der Waals surface area contributed by atoms with E-state index in [4.69, 9.17) is 22.1 Å². The Morgan fingerprint density at radius 2 is 1.75 bits per heavy atom. The second-order valence-corrected chi connectivity index (χ2v) is 5.02. The average Bonchev–Trinajstić information content (AvgIpc) is 2.46. The minimum atomic E-state index is 0.477. The highest BCUT2D eigenvalue weighted by Gasteiger charge is 2.04. The Labute approximate surface area is 122 Å². The van der Waals surface area contributed by atoms with E-state index in [2.05, 4.69) is 24.3 Å². The lowest BCUT2D eigenvalue weighted by atomic mass is 10.1. The molecule has 0 bridgehead atoms. The molecular weight excluding hydrogens is 270 g/mol. The topological polar surface area (TPSA) is 35.2 Å². The molecule has 0 fully saturated rings. The Kier molecular flexibility index (Phi) is 3.48. The third kappa shape index (κ3) is 2.56. The van der Waals surface area contributed by atoms with Crippen LogP contribution in [0.3, 0.4) is 0 Å². The van der Waals surface area contributed by atoms with E-state index in [1.165, 1.54) is 10.8 Å². The first-order valence-electron chi connectivity index (χ1n) is 6.38. The van der Waals surface area contributed by atoms with Crippen molar-refractivity contribution in [1.82, 2.24) is 0 Å². The molecule has 2 nitrogen and oxygen atoms in total. The Morgan fingerprint density at radius 3 is 2.60 bits per heavy atom. The minimum Gasteiger partial charge on any atom is -0.487 e. The Morgan fingerprint density at radius 1 is 0.950 bits per heavy atom. The summed E-state index contributed by atoms with van der Waals surface area (Å²) in [6.07, 6.45) is 0. The lowest BCUT2D eigenvalue weighted by molar-refractivity contribution is 0.308. The molecule has 100 valence electrons. The summed E-state index contributed by atoms with van der Waals surface area (Å²) in [6, 6.07) is 19.7. The number of ether oxygens (including phenoxy) is 1. The number of fused-ring (bicyclic) bond motifs is 1. The van der Waals surface area contributed by atoms with Gasteiger partial charge in [-0.25, -0.2) is 0 Å². The van der Waals surface area contributed by atoms with Crippen molar-refractivity contribution in [3.8, 4) is 5.75 Å². The molecule has 3 aromatic carbocycles. The molecule has 3 aromatic rings. The zero-order valence-electron chi connectivity index (χ0n) is 10.8. The molecule has 0 heterocycles. The first kappa shape index (κ1) is 12.8. The lowest BCUT2D eigenvalue weighted by Gasteiger charge is -2.10. The lowest BCUT2D eigenvalue weighted by Crippen LogP contribution is -1.97. The maximum atomic E-state index is 6.11. The Hall–Kier alpha value is -2.19. The number of rotatable bonds is 3. The molecule has 0 saturated carbocycles. The van der Waals surface area contributed by atoms with Gasteiger partial charge in [0.25, 0.3) is 0 Å². The van der Waals surface area contributed by atoms with E-state index in [-0.39, 0.29) is 0 Å². The minimum absolute atomic E-state index is 0.477. The van der Waals surface area contributed by atoms with Gasteiger partial charge in [0, 0.05) is 5.69 Å². The van der Waals surface area contributed by atoms with Crippen LogP contribution < -0.4 is 10.5 Å². The van der Waals surface area contributed by atoms with Gasteiger partial charge in [0.1, 0.15) is 12.4 Å². The monoisotopic (exact) mass is 283 g/mol. The summed E-state index contributed by atoms with van der Waals surface area (Å²) in [5.74, 6) is 0.647. The van der Waals surface area contributed by atoms with Crippen molar-refractivity contribution in [2.45, 2.75) is 6.61 Å². The molecule has 2 N–H and O–H groups in total. The smallest absolute Gasteiger partial charge is 0.138 e. The van der Waals surface area contributed by atoms with E-state index < -0.39 is 0 Å². The average molecular weight is 284 g/mol. The predicted octanol–water partition coefficient (Wildman–Crippen LogP) is 4.65. The van der Waals surface area contributed by atoms with Gasteiger partial charge < -0.3 is 10.5 Å². The summed E-state index contributed by atoms with van der Waals surface area (Å²) in [7, 11) is 0. The third-order valence-corrected chi connectivity index (χ3v) is 3.51.